The summed E-state index contributed by atoms with van der Waals surface area (Å²) in [4.78, 5) is 12.9. The number of ether oxygens (including phenoxy) is 1. The first-order valence-corrected chi connectivity index (χ1v) is 4.73. The quantitative estimate of drug-likeness (QED) is 0.701. The van der Waals surface area contributed by atoms with Gasteiger partial charge in [-0.2, -0.15) is 0 Å². The fourth-order valence-electron chi connectivity index (χ4n) is 1.75. The number of carbonyl (C=O) groups is 1. The molecule has 0 aromatic heterocycles. The Morgan fingerprint density at radius 3 is 2.92 bits per heavy atom. The topological polar surface area (TPSA) is 49.8 Å². The van der Waals surface area contributed by atoms with Crippen LogP contribution in [0, 0.1) is 0 Å². The van der Waals surface area contributed by atoms with Gasteiger partial charge in [0, 0.05) is 12.6 Å². The maximum Gasteiger partial charge on any atom is 0.320 e. The lowest BCUT2D eigenvalue weighted by molar-refractivity contribution is -0.147. The summed E-state index contributed by atoms with van der Waals surface area (Å²) >= 11 is 0. The molecule has 2 atom stereocenters. The molecule has 0 spiro atoms. The summed E-state index contributed by atoms with van der Waals surface area (Å²) < 4.78 is 5.25. The molecule has 0 radical (unpaired) electrons. The summed E-state index contributed by atoms with van der Waals surface area (Å²) in [5.41, 5.74) is 0. The lowest BCUT2D eigenvalue weighted by Gasteiger charge is -2.36. The maximum absolute atomic E-state index is 10.9. The number of rotatable bonds is 3. The molecule has 1 aliphatic heterocycles. The summed E-state index contributed by atoms with van der Waals surface area (Å²) in [6, 6.07) is -0.131. The summed E-state index contributed by atoms with van der Waals surface area (Å²) in [6.45, 7) is 5.93. The van der Waals surface area contributed by atoms with Gasteiger partial charge in [-0.05, 0) is 13.3 Å². The van der Waals surface area contributed by atoms with E-state index in [1.165, 1.54) is 0 Å². The Labute approximate surface area is 78.5 Å². The van der Waals surface area contributed by atoms with Crippen LogP contribution in [0.5, 0.6) is 0 Å². The number of hydrogen-bond donors (Lipinski definition) is 1. The zero-order valence-corrected chi connectivity index (χ0v) is 8.19. The van der Waals surface area contributed by atoms with Crippen LogP contribution in [-0.4, -0.2) is 47.8 Å². The van der Waals surface area contributed by atoms with Gasteiger partial charge >= 0.3 is 5.97 Å². The molecule has 0 aromatic rings. The van der Waals surface area contributed by atoms with Crippen LogP contribution in [0.15, 0.2) is 0 Å². The lowest BCUT2D eigenvalue weighted by atomic mass is 10.1. The third-order valence-electron chi connectivity index (χ3n) is 2.49. The minimum absolute atomic E-state index is 0.217. The van der Waals surface area contributed by atoms with E-state index >= 15 is 0 Å². The zero-order chi connectivity index (χ0) is 9.84. The highest BCUT2D eigenvalue weighted by Gasteiger charge is 2.29. The molecular formula is C9H17NO3. The molecule has 13 heavy (non-hydrogen) atoms. The fourth-order valence-corrected chi connectivity index (χ4v) is 1.75. The molecule has 76 valence electrons. The highest BCUT2D eigenvalue weighted by atomic mass is 16.5. The SMILES string of the molecule is CCC(C(=O)O)N1CCOCC1C. The largest absolute Gasteiger partial charge is 0.480 e. The Kier molecular flexibility index (Phi) is 3.69. The normalized spacial score (nSPS) is 27.1. The van der Waals surface area contributed by atoms with Crippen LogP contribution in [0.3, 0.4) is 0 Å². The van der Waals surface area contributed by atoms with Crippen molar-refractivity contribution in [2.45, 2.75) is 32.4 Å². The van der Waals surface area contributed by atoms with Crippen molar-refractivity contribution in [2.24, 2.45) is 0 Å². The number of carboxylic acid groups (broad SMARTS) is 1. The summed E-state index contributed by atoms with van der Waals surface area (Å²) in [5, 5.41) is 8.96. The molecule has 4 heteroatoms. The van der Waals surface area contributed by atoms with Crippen LogP contribution < -0.4 is 0 Å². The van der Waals surface area contributed by atoms with E-state index in [2.05, 4.69) is 0 Å². The van der Waals surface area contributed by atoms with E-state index in [4.69, 9.17) is 9.84 Å². The summed E-state index contributed by atoms with van der Waals surface area (Å²) in [7, 11) is 0. The molecule has 0 amide bonds. The molecule has 0 bridgehead atoms. The van der Waals surface area contributed by atoms with E-state index < -0.39 is 5.97 Å². The minimum Gasteiger partial charge on any atom is -0.480 e. The van der Waals surface area contributed by atoms with Gasteiger partial charge in [-0.25, -0.2) is 0 Å². The Morgan fingerprint density at radius 1 is 1.77 bits per heavy atom. The van der Waals surface area contributed by atoms with E-state index in [0.717, 1.165) is 6.54 Å². The fraction of sp³-hybridized carbons (Fsp3) is 0.889. The summed E-state index contributed by atoms with van der Waals surface area (Å²) in [6.07, 6.45) is 0.652. The zero-order valence-electron chi connectivity index (χ0n) is 8.19. The third-order valence-corrected chi connectivity index (χ3v) is 2.49. The van der Waals surface area contributed by atoms with Crippen molar-refractivity contribution < 1.29 is 14.6 Å². The Morgan fingerprint density at radius 2 is 2.46 bits per heavy atom. The van der Waals surface area contributed by atoms with E-state index in [-0.39, 0.29) is 12.1 Å². The van der Waals surface area contributed by atoms with Gasteiger partial charge in [0.25, 0.3) is 0 Å². The van der Waals surface area contributed by atoms with Gasteiger partial charge in [0.1, 0.15) is 6.04 Å². The van der Waals surface area contributed by atoms with Crippen molar-refractivity contribution in [1.82, 2.24) is 4.90 Å². The molecule has 1 heterocycles. The third kappa shape index (κ3) is 2.42. The first-order valence-electron chi connectivity index (χ1n) is 4.73. The predicted octanol–water partition coefficient (Wildman–Crippen LogP) is 0.570. The van der Waals surface area contributed by atoms with Gasteiger partial charge < -0.3 is 9.84 Å². The van der Waals surface area contributed by atoms with Crippen LogP contribution in [0.25, 0.3) is 0 Å². The minimum atomic E-state index is -0.726. The van der Waals surface area contributed by atoms with E-state index in [1.807, 2.05) is 18.7 Å². The van der Waals surface area contributed by atoms with E-state index in [1.54, 1.807) is 0 Å². The molecule has 0 saturated carbocycles. The second kappa shape index (κ2) is 4.58. The van der Waals surface area contributed by atoms with Crippen molar-refractivity contribution in [3.8, 4) is 0 Å². The van der Waals surface area contributed by atoms with Crippen molar-refractivity contribution in [1.29, 1.82) is 0 Å². The number of hydrogen-bond acceptors (Lipinski definition) is 3. The van der Waals surface area contributed by atoms with Gasteiger partial charge in [-0.3, -0.25) is 9.69 Å². The molecule has 1 fully saturated rings. The standard InChI is InChI=1S/C9H17NO3/c1-3-8(9(11)12)10-4-5-13-6-7(10)2/h7-8H,3-6H2,1-2H3,(H,11,12). The van der Waals surface area contributed by atoms with Crippen LogP contribution in [0.1, 0.15) is 20.3 Å². The van der Waals surface area contributed by atoms with Crippen molar-refractivity contribution >= 4 is 5.97 Å². The molecule has 1 rings (SSSR count). The summed E-state index contributed by atoms with van der Waals surface area (Å²) in [5.74, 6) is -0.726. The Hall–Kier alpha value is -0.610. The molecule has 1 saturated heterocycles. The second-order valence-electron chi connectivity index (χ2n) is 3.42. The molecule has 0 aliphatic carbocycles. The second-order valence-corrected chi connectivity index (χ2v) is 3.42. The number of nitrogens with zero attached hydrogens (tertiary/aromatic N) is 1. The van der Waals surface area contributed by atoms with Gasteiger partial charge in [-0.15, -0.1) is 0 Å². The highest BCUT2D eigenvalue weighted by Crippen LogP contribution is 2.13. The Bertz CT molecular complexity index is 184. The van der Waals surface area contributed by atoms with Crippen molar-refractivity contribution in [3.63, 3.8) is 0 Å². The number of carboxylic acids is 1. The first kappa shape index (κ1) is 10.5. The highest BCUT2D eigenvalue weighted by molar-refractivity contribution is 5.73. The lowest BCUT2D eigenvalue weighted by Crippen LogP contribution is -2.52. The molecule has 1 aliphatic rings. The van der Waals surface area contributed by atoms with E-state index in [0.29, 0.717) is 19.6 Å². The smallest absolute Gasteiger partial charge is 0.320 e. The van der Waals surface area contributed by atoms with Gasteiger partial charge in [-0.1, -0.05) is 6.92 Å². The van der Waals surface area contributed by atoms with Crippen LogP contribution in [-0.2, 0) is 9.53 Å². The predicted molar refractivity (Wildman–Crippen MR) is 48.7 cm³/mol. The van der Waals surface area contributed by atoms with Crippen LogP contribution >= 0.6 is 0 Å². The maximum atomic E-state index is 10.9. The Balaban J connectivity index is 2.60. The number of aliphatic carboxylic acids is 1. The molecule has 4 nitrogen and oxygen atoms in total. The molecule has 2 unspecified atom stereocenters. The van der Waals surface area contributed by atoms with Crippen molar-refractivity contribution in [3.05, 3.63) is 0 Å². The van der Waals surface area contributed by atoms with Gasteiger partial charge in [0.05, 0.1) is 13.2 Å². The van der Waals surface area contributed by atoms with Crippen LogP contribution in [0.2, 0.25) is 0 Å². The molecular weight excluding hydrogens is 170 g/mol. The monoisotopic (exact) mass is 187 g/mol. The average molecular weight is 187 g/mol. The number of morpholine rings is 1. The van der Waals surface area contributed by atoms with Gasteiger partial charge in [0.2, 0.25) is 0 Å². The average Bonchev–Trinajstić information content (AvgIpc) is 2.09. The van der Waals surface area contributed by atoms with Crippen LogP contribution in [0.4, 0.5) is 0 Å². The molecule has 0 aromatic carbocycles. The van der Waals surface area contributed by atoms with Gasteiger partial charge in [0.15, 0.2) is 0 Å². The molecule has 1 N–H and O–H groups in total. The van der Waals surface area contributed by atoms with E-state index in [9.17, 15) is 4.79 Å². The van der Waals surface area contributed by atoms with Crippen molar-refractivity contribution in [2.75, 3.05) is 19.8 Å². The first-order chi connectivity index (χ1) is 6.16.